The van der Waals surface area contributed by atoms with Crippen LogP contribution in [0.2, 0.25) is 0 Å². The van der Waals surface area contributed by atoms with Gasteiger partial charge in [-0.15, -0.1) is 0 Å². The molecule has 0 spiro atoms. The van der Waals surface area contributed by atoms with Gasteiger partial charge >= 0.3 is 0 Å². The molecule has 1 atom stereocenters. The number of hydrogen-bond acceptors (Lipinski definition) is 2. The number of rotatable bonds is 10. The molecular formula is C33H37NO2. The van der Waals surface area contributed by atoms with Crippen LogP contribution in [0.5, 0.6) is 0 Å². The second-order valence-corrected chi connectivity index (χ2v) is 9.97. The molecule has 1 amide bonds. The van der Waals surface area contributed by atoms with Crippen LogP contribution in [0.25, 0.3) is 0 Å². The number of benzene rings is 3. The summed E-state index contributed by atoms with van der Waals surface area (Å²) in [5, 5.41) is 0. The lowest BCUT2D eigenvalue weighted by Gasteiger charge is -2.40. The van der Waals surface area contributed by atoms with Gasteiger partial charge in [-0.25, -0.2) is 0 Å². The molecule has 4 rings (SSSR count). The summed E-state index contributed by atoms with van der Waals surface area (Å²) in [6.45, 7) is 3.47. The minimum atomic E-state index is -0.557. The maximum atomic E-state index is 13.6. The molecule has 36 heavy (non-hydrogen) atoms. The molecular weight excluding hydrogens is 442 g/mol. The first kappa shape index (κ1) is 25.6. The lowest BCUT2D eigenvalue weighted by Crippen LogP contribution is -2.48. The van der Waals surface area contributed by atoms with E-state index < -0.39 is 5.41 Å². The number of hydrogen-bond donors (Lipinski definition) is 0. The Morgan fingerprint density at radius 2 is 1.44 bits per heavy atom. The van der Waals surface area contributed by atoms with Crippen LogP contribution < -0.4 is 0 Å². The molecule has 0 N–H and O–H groups in total. The summed E-state index contributed by atoms with van der Waals surface area (Å²) in [5.41, 5.74) is 3.03. The fourth-order valence-electron chi connectivity index (χ4n) is 5.27. The van der Waals surface area contributed by atoms with Crippen LogP contribution in [0.15, 0.2) is 103 Å². The van der Waals surface area contributed by atoms with Crippen LogP contribution in [-0.4, -0.2) is 29.7 Å². The number of carbonyl (C=O) groups excluding carboxylic acids is 2. The van der Waals surface area contributed by atoms with Crippen molar-refractivity contribution in [3.05, 3.63) is 120 Å². The van der Waals surface area contributed by atoms with E-state index in [0.717, 1.165) is 24.8 Å². The summed E-state index contributed by atoms with van der Waals surface area (Å²) in [6, 6.07) is 30.8. The van der Waals surface area contributed by atoms with Crippen LogP contribution in [0.3, 0.4) is 0 Å². The summed E-state index contributed by atoms with van der Waals surface area (Å²) in [7, 11) is 0. The highest BCUT2D eigenvalue weighted by Gasteiger charge is 2.42. The summed E-state index contributed by atoms with van der Waals surface area (Å²) in [6.07, 6.45) is 8.32. The topological polar surface area (TPSA) is 37.4 Å². The number of nitrogens with zero attached hydrogens (tertiary/aromatic N) is 1. The van der Waals surface area contributed by atoms with Crippen molar-refractivity contribution in [3.8, 4) is 0 Å². The minimum Gasteiger partial charge on any atom is -0.343 e. The van der Waals surface area contributed by atoms with Crippen molar-refractivity contribution >= 4 is 11.7 Å². The second-order valence-electron chi connectivity index (χ2n) is 9.97. The van der Waals surface area contributed by atoms with E-state index in [-0.39, 0.29) is 11.7 Å². The Hall–Kier alpha value is -3.46. The average Bonchev–Trinajstić information content (AvgIpc) is 2.95. The molecule has 1 unspecified atom stereocenters. The Morgan fingerprint density at radius 1 is 0.861 bits per heavy atom. The summed E-state index contributed by atoms with van der Waals surface area (Å²) in [4.78, 5) is 28.5. The quantitative estimate of drug-likeness (QED) is 0.297. The molecule has 0 aliphatic carbocycles. The zero-order chi connectivity index (χ0) is 25.2. The predicted molar refractivity (Wildman–Crippen MR) is 147 cm³/mol. The minimum absolute atomic E-state index is 0.164. The molecule has 3 nitrogen and oxygen atoms in total. The normalized spacial score (nSPS) is 16.1. The Balaban J connectivity index is 1.37. The molecule has 0 saturated carbocycles. The van der Waals surface area contributed by atoms with Gasteiger partial charge in [0.25, 0.3) is 0 Å². The van der Waals surface area contributed by atoms with Crippen LogP contribution in [0, 0.1) is 0 Å². The summed E-state index contributed by atoms with van der Waals surface area (Å²) >= 11 is 0. The smallest absolute Gasteiger partial charge is 0.222 e. The number of amides is 1. The van der Waals surface area contributed by atoms with Crippen LogP contribution >= 0.6 is 0 Å². The van der Waals surface area contributed by atoms with E-state index >= 15 is 0 Å². The predicted octanol–water partition coefficient (Wildman–Crippen LogP) is 6.89. The zero-order valence-corrected chi connectivity index (χ0v) is 21.3. The largest absolute Gasteiger partial charge is 0.343 e. The number of likely N-dealkylation sites (tertiary alicyclic amines) is 1. The fourth-order valence-corrected chi connectivity index (χ4v) is 5.27. The van der Waals surface area contributed by atoms with Crippen LogP contribution in [0.4, 0.5) is 0 Å². The molecule has 1 heterocycles. The first-order valence-electron chi connectivity index (χ1n) is 13.2. The van der Waals surface area contributed by atoms with Gasteiger partial charge in [0.2, 0.25) is 5.91 Å². The number of allylic oxidation sites excluding steroid dienone is 2. The second kappa shape index (κ2) is 12.5. The molecule has 1 aliphatic rings. The highest BCUT2D eigenvalue weighted by atomic mass is 16.2. The van der Waals surface area contributed by atoms with Gasteiger partial charge in [-0.05, 0) is 60.8 Å². The molecule has 0 aromatic heterocycles. The Bertz CT molecular complexity index is 1130. The Labute approximate surface area is 215 Å². The van der Waals surface area contributed by atoms with E-state index in [0.29, 0.717) is 38.3 Å². The molecule has 0 bridgehead atoms. The van der Waals surface area contributed by atoms with Crippen molar-refractivity contribution in [3.63, 3.8) is 0 Å². The maximum absolute atomic E-state index is 13.6. The van der Waals surface area contributed by atoms with Gasteiger partial charge in [-0.2, -0.15) is 0 Å². The van der Waals surface area contributed by atoms with Crippen molar-refractivity contribution in [2.45, 2.75) is 56.8 Å². The van der Waals surface area contributed by atoms with Gasteiger partial charge in [0, 0.05) is 19.5 Å². The molecule has 0 radical (unpaired) electrons. The third-order valence-corrected chi connectivity index (χ3v) is 7.64. The SMILES string of the molecule is CC(CC/C=C/C(=O)C1(c2ccccc2)CCN(C(=O)CCc2ccccc2)CC1)c1ccccc1. The first-order valence-corrected chi connectivity index (χ1v) is 13.2. The fraction of sp³-hybridized carbons (Fsp3) is 0.333. The maximum Gasteiger partial charge on any atom is 0.222 e. The molecule has 3 heteroatoms. The standard InChI is InChI=1S/C33H37NO2/c1-27(29-16-7-3-8-17-29)13-11-12-20-31(35)33(30-18-9-4-10-19-30)23-25-34(26-24-33)32(36)22-21-28-14-5-2-6-15-28/h2-10,12,14-20,27H,11,13,21-26H2,1H3/b20-12+. The molecule has 1 saturated heterocycles. The van der Waals surface area contributed by atoms with Gasteiger partial charge in [0.15, 0.2) is 5.78 Å². The molecule has 1 fully saturated rings. The third-order valence-electron chi connectivity index (χ3n) is 7.64. The van der Waals surface area contributed by atoms with Gasteiger partial charge in [-0.3, -0.25) is 9.59 Å². The van der Waals surface area contributed by atoms with Crippen molar-refractivity contribution in [1.29, 1.82) is 0 Å². The van der Waals surface area contributed by atoms with E-state index in [4.69, 9.17) is 0 Å². The third kappa shape index (κ3) is 6.40. The molecule has 186 valence electrons. The monoisotopic (exact) mass is 479 g/mol. The van der Waals surface area contributed by atoms with Gasteiger partial charge < -0.3 is 4.90 Å². The highest BCUT2D eigenvalue weighted by molar-refractivity contribution is 5.99. The summed E-state index contributed by atoms with van der Waals surface area (Å²) < 4.78 is 0. The number of carbonyl (C=O) groups is 2. The highest BCUT2D eigenvalue weighted by Crippen LogP contribution is 2.37. The number of piperidine rings is 1. The molecule has 1 aliphatic heterocycles. The van der Waals surface area contributed by atoms with Gasteiger partial charge in [-0.1, -0.05) is 104 Å². The molecule has 3 aromatic carbocycles. The van der Waals surface area contributed by atoms with E-state index in [1.54, 1.807) is 6.08 Å². The molecule has 3 aromatic rings. The first-order chi connectivity index (χ1) is 17.6. The van der Waals surface area contributed by atoms with Crippen molar-refractivity contribution in [2.24, 2.45) is 0 Å². The van der Waals surface area contributed by atoms with E-state index in [1.165, 1.54) is 11.1 Å². The lowest BCUT2D eigenvalue weighted by atomic mass is 9.69. The van der Waals surface area contributed by atoms with Gasteiger partial charge in [0.05, 0.1) is 5.41 Å². The van der Waals surface area contributed by atoms with Crippen molar-refractivity contribution in [1.82, 2.24) is 4.90 Å². The number of ketones is 1. The Morgan fingerprint density at radius 3 is 2.08 bits per heavy atom. The zero-order valence-electron chi connectivity index (χ0n) is 21.3. The van der Waals surface area contributed by atoms with E-state index in [1.807, 2.05) is 53.4 Å². The van der Waals surface area contributed by atoms with E-state index in [9.17, 15) is 9.59 Å². The van der Waals surface area contributed by atoms with Crippen LogP contribution in [-0.2, 0) is 21.4 Å². The number of aryl methyl sites for hydroxylation is 1. The Kier molecular flexibility index (Phi) is 8.89. The summed E-state index contributed by atoms with van der Waals surface area (Å²) in [5.74, 6) is 0.801. The van der Waals surface area contributed by atoms with E-state index in [2.05, 4.69) is 55.5 Å². The average molecular weight is 480 g/mol. The van der Waals surface area contributed by atoms with Gasteiger partial charge in [0.1, 0.15) is 0 Å². The van der Waals surface area contributed by atoms with Crippen molar-refractivity contribution < 1.29 is 9.59 Å². The van der Waals surface area contributed by atoms with Crippen LogP contribution in [0.1, 0.15) is 61.6 Å². The lowest BCUT2D eigenvalue weighted by molar-refractivity contribution is -0.135. The van der Waals surface area contributed by atoms with Crippen molar-refractivity contribution in [2.75, 3.05) is 13.1 Å².